The Morgan fingerprint density at radius 2 is 1.70 bits per heavy atom. The van der Waals surface area contributed by atoms with Crippen molar-refractivity contribution >= 4 is 34.4 Å². The van der Waals surface area contributed by atoms with Gasteiger partial charge in [0.2, 0.25) is 5.91 Å². The average Bonchev–Trinajstić information content (AvgIpc) is 3.11. The molecule has 138 valence electrons. The van der Waals surface area contributed by atoms with Crippen LogP contribution in [0.4, 0.5) is 5.69 Å². The Bertz CT molecular complexity index is 933. The summed E-state index contributed by atoms with van der Waals surface area (Å²) in [5.74, 6) is -1.58. The first-order valence-electron chi connectivity index (χ1n) is 8.43. The van der Waals surface area contributed by atoms with Gasteiger partial charge in [-0.1, -0.05) is 36.4 Å². The lowest BCUT2D eigenvalue weighted by molar-refractivity contribution is -0.121. The molecule has 0 aliphatic carbocycles. The van der Waals surface area contributed by atoms with E-state index in [1.54, 1.807) is 30.3 Å². The van der Waals surface area contributed by atoms with Gasteiger partial charge in [-0.2, -0.15) is 0 Å². The molecule has 7 nitrogen and oxygen atoms in total. The zero-order valence-corrected chi connectivity index (χ0v) is 14.6. The smallest absolute Gasteiger partial charge is 0.355 e. The van der Waals surface area contributed by atoms with Crippen molar-refractivity contribution in [1.82, 2.24) is 4.98 Å². The van der Waals surface area contributed by atoms with Gasteiger partial charge in [0.15, 0.2) is 6.61 Å². The van der Waals surface area contributed by atoms with E-state index in [-0.39, 0.29) is 18.7 Å². The number of aromatic nitrogens is 1. The summed E-state index contributed by atoms with van der Waals surface area (Å²) in [5.41, 5.74) is 6.87. The predicted octanol–water partition coefficient (Wildman–Crippen LogP) is 2.23. The third kappa shape index (κ3) is 4.52. The number of benzene rings is 2. The summed E-state index contributed by atoms with van der Waals surface area (Å²) in [4.78, 5) is 40.2. The molecule has 0 fully saturated rings. The summed E-state index contributed by atoms with van der Waals surface area (Å²) in [7, 11) is 0. The highest BCUT2D eigenvalue weighted by molar-refractivity contribution is 5.98. The number of amides is 2. The number of hydrogen-bond donors (Lipinski definition) is 2. The Hall–Kier alpha value is -3.61. The molecule has 3 N–H and O–H groups in total. The molecule has 27 heavy (non-hydrogen) atoms. The molecule has 3 rings (SSSR count). The quantitative estimate of drug-likeness (QED) is 0.626. The van der Waals surface area contributed by atoms with Crippen molar-refractivity contribution in [2.24, 2.45) is 5.73 Å². The summed E-state index contributed by atoms with van der Waals surface area (Å²) in [6.07, 6.45) is 0.0105. The Kier molecular flexibility index (Phi) is 5.51. The summed E-state index contributed by atoms with van der Waals surface area (Å²) in [6, 6.07) is 17.9. The maximum atomic E-state index is 12.6. The van der Waals surface area contributed by atoms with E-state index in [4.69, 9.17) is 10.5 Å². The number of primary amides is 1. The van der Waals surface area contributed by atoms with Crippen LogP contribution in [0.15, 0.2) is 60.7 Å². The number of H-pyrrole nitrogens is 1. The molecule has 2 amide bonds. The van der Waals surface area contributed by atoms with Gasteiger partial charge in [0.25, 0.3) is 5.91 Å². The predicted molar refractivity (Wildman–Crippen MR) is 101 cm³/mol. The van der Waals surface area contributed by atoms with Crippen LogP contribution in [0.1, 0.15) is 16.9 Å². The second-order valence-electron chi connectivity index (χ2n) is 5.94. The largest absolute Gasteiger partial charge is 0.451 e. The van der Waals surface area contributed by atoms with Crippen molar-refractivity contribution in [3.05, 3.63) is 66.4 Å². The van der Waals surface area contributed by atoms with Gasteiger partial charge >= 0.3 is 5.97 Å². The normalized spacial score (nSPS) is 10.5. The van der Waals surface area contributed by atoms with Crippen LogP contribution in [-0.2, 0) is 14.3 Å². The van der Waals surface area contributed by atoms with Crippen molar-refractivity contribution in [1.29, 1.82) is 0 Å². The summed E-state index contributed by atoms with van der Waals surface area (Å²) in [5, 5.41) is 0.878. The number of carbonyl (C=O) groups excluding carboxylic acids is 3. The van der Waals surface area contributed by atoms with Gasteiger partial charge in [0.05, 0.1) is 0 Å². The molecule has 1 aromatic heterocycles. The number of nitrogens with zero attached hydrogens (tertiary/aromatic N) is 1. The van der Waals surface area contributed by atoms with E-state index < -0.39 is 24.4 Å². The fourth-order valence-electron chi connectivity index (χ4n) is 2.69. The number of rotatable bonds is 7. The van der Waals surface area contributed by atoms with Crippen LogP contribution in [0, 0.1) is 0 Å². The van der Waals surface area contributed by atoms with E-state index in [0.717, 1.165) is 10.9 Å². The van der Waals surface area contributed by atoms with E-state index in [9.17, 15) is 14.4 Å². The van der Waals surface area contributed by atoms with Gasteiger partial charge in [-0.25, -0.2) is 4.79 Å². The highest BCUT2D eigenvalue weighted by Crippen LogP contribution is 2.16. The molecular formula is C20H19N3O4. The molecule has 0 saturated heterocycles. The van der Waals surface area contributed by atoms with E-state index in [0.29, 0.717) is 5.69 Å². The van der Waals surface area contributed by atoms with Gasteiger partial charge in [-0.05, 0) is 24.3 Å². The van der Waals surface area contributed by atoms with Crippen molar-refractivity contribution < 1.29 is 19.1 Å². The van der Waals surface area contributed by atoms with Crippen LogP contribution in [0.2, 0.25) is 0 Å². The van der Waals surface area contributed by atoms with Crippen LogP contribution < -0.4 is 10.6 Å². The summed E-state index contributed by atoms with van der Waals surface area (Å²) in [6.45, 7) is -0.329. The molecule has 0 aliphatic heterocycles. The number of hydrogen-bond acceptors (Lipinski definition) is 4. The van der Waals surface area contributed by atoms with Gasteiger partial charge in [0.1, 0.15) is 5.69 Å². The number of esters is 1. The van der Waals surface area contributed by atoms with Crippen LogP contribution in [-0.4, -0.2) is 35.9 Å². The van der Waals surface area contributed by atoms with Crippen LogP contribution in [0.5, 0.6) is 0 Å². The average molecular weight is 365 g/mol. The molecule has 0 unspecified atom stereocenters. The maximum absolute atomic E-state index is 12.6. The molecule has 0 radical (unpaired) electrons. The Balaban J connectivity index is 1.67. The van der Waals surface area contributed by atoms with Crippen molar-refractivity contribution in [3.63, 3.8) is 0 Å². The fourth-order valence-corrected chi connectivity index (χ4v) is 2.69. The SMILES string of the molecule is NC(=O)CCN(C(=O)COC(=O)c1cc2ccccc2[nH]1)c1ccccc1. The number of carbonyl (C=O) groups is 3. The van der Waals surface area contributed by atoms with Crippen molar-refractivity contribution in [2.75, 3.05) is 18.1 Å². The van der Waals surface area contributed by atoms with Crippen LogP contribution in [0.3, 0.4) is 0 Å². The third-order valence-electron chi connectivity index (χ3n) is 4.03. The van der Waals surface area contributed by atoms with Gasteiger partial charge in [-0.15, -0.1) is 0 Å². The minimum Gasteiger partial charge on any atom is -0.451 e. The first-order chi connectivity index (χ1) is 13.0. The fraction of sp³-hybridized carbons (Fsp3) is 0.150. The number of para-hydroxylation sites is 2. The van der Waals surface area contributed by atoms with Crippen LogP contribution >= 0.6 is 0 Å². The third-order valence-corrected chi connectivity index (χ3v) is 4.03. The number of nitrogens with one attached hydrogen (secondary N) is 1. The summed E-state index contributed by atoms with van der Waals surface area (Å²) >= 11 is 0. The molecule has 0 spiro atoms. The van der Waals surface area contributed by atoms with Crippen molar-refractivity contribution in [2.45, 2.75) is 6.42 Å². The second kappa shape index (κ2) is 8.18. The highest BCUT2D eigenvalue weighted by Gasteiger charge is 2.19. The minimum absolute atomic E-state index is 0.0105. The second-order valence-corrected chi connectivity index (χ2v) is 5.94. The van der Waals surface area contributed by atoms with E-state index in [2.05, 4.69) is 4.98 Å². The highest BCUT2D eigenvalue weighted by atomic mass is 16.5. The molecule has 0 atom stereocenters. The Morgan fingerprint density at radius 1 is 1.00 bits per heavy atom. The minimum atomic E-state index is -0.623. The van der Waals surface area contributed by atoms with Gasteiger partial charge in [-0.3, -0.25) is 9.59 Å². The molecule has 0 bridgehead atoms. The van der Waals surface area contributed by atoms with E-state index in [1.165, 1.54) is 4.90 Å². The molecule has 1 heterocycles. The van der Waals surface area contributed by atoms with Gasteiger partial charge in [0, 0.05) is 29.6 Å². The zero-order chi connectivity index (χ0) is 19.2. The molecule has 0 saturated carbocycles. The lowest BCUT2D eigenvalue weighted by atomic mass is 10.2. The van der Waals surface area contributed by atoms with E-state index in [1.807, 2.05) is 30.3 Å². The monoisotopic (exact) mass is 365 g/mol. The first-order valence-corrected chi connectivity index (χ1v) is 8.43. The Morgan fingerprint density at radius 3 is 2.41 bits per heavy atom. The number of ether oxygens (including phenoxy) is 1. The van der Waals surface area contributed by atoms with Crippen molar-refractivity contribution in [3.8, 4) is 0 Å². The molecular weight excluding hydrogens is 346 g/mol. The molecule has 7 heteroatoms. The zero-order valence-electron chi connectivity index (χ0n) is 14.6. The Labute approximate surface area is 155 Å². The topological polar surface area (TPSA) is 105 Å². The van der Waals surface area contributed by atoms with E-state index >= 15 is 0 Å². The molecule has 0 aliphatic rings. The molecule has 3 aromatic rings. The number of fused-ring (bicyclic) bond motifs is 1. The van der Waals surface area contributed by atoms with Gasteiger partial charge < -0.3 is 20.4 Å². The maximum Gasteiger partial charge on any atom is 0.355 e. The summed E-state index contributed by atoms with van der Waals surface area (Å²) < 4.78 is 5.15. The number of aromatic amines is 1. The number of nitrogens with two attached hydrogens (primary N) is 1. The number of anilines is 1. The van der Waals surface area contributed by atoms with Crippen LogP contribution in [0.25, 0.3) is 10.9 Å². The standard InChI is InChI=1S/C20H19N3O4/c21-18(24)10-11-23(15-7-2-1-3-8-15)19(25)13-27-20(26)17-12-14-6-4-5-9-16(14)22-17/h1-9,12,22H,10-11,13H2,(H2,21,24). The molecule has 2 aromatic carbocycles. The lowest BCUT2D eigenvalue weighted by Gasteiger charge is -2.22. The lowest BCUT2D eigenvalue weighted by Crippen LogP contribution is -2.37. The first kappa shape index (κ1) is 18.2.